The third kappa shape index (κ3) is 7.08. The van der Waals surface area contributed by atoms with Crippen molar-refractivity contribution >= 4 is 11.9 Å². The average Bonchev–Trinajstić information content (AvgIpc) is 2.64. The summed E-state index contributed by atoms with van der Waals surface area (Å²) in [5.41, 5.74) is 0.547. The van der Waals surface area contributed by atoms with Crippen molar-refractivity contribution < 1.29 is 14.3 Å². The first-order valence-corrected chi connectivity index (χ1v) is 8.60. The van der Waals surface area contributed by atoms with Gasteiger partial charge in [-0.2, -0.15) is 0 Å². The lowest BCUT2D eigenvalue weighted by molar-refractivity contribution is -0.140. The van der Waals surface area contributed by atoms with Crippen LogP contribution in [0.4, 0.5) is 0 Å². The standard InChI is InChI=1S/C18H29N3O3/c1-4-20(5-2)12-6-7-13-21(14-10-17(22)24-3)18(23)16-9-8-11-19-15-16/h8-9,11,15H,4-7,10,12-14H2,1-3H3. The molecule has 1 amide bonds. The number of hydrogen-bond donors (Lipinski definition) is 0. The molecule has 6 nitrogen and oxygen atoms in total. The van der Waals surface area contributed by atoms with Crippen molar-refractivity contribution in [3.05, 3.63) is 30.1 Å². The molecule has 0 aromatic carbocycles. The highest BCUT2D eigenvalue weighted by Crippen LogP contribution is 2.07. The summed E-state index contributed by atoms with van der Waals surface area (Å²) in [6.45, 7) is 8.40. The Morgan fingerprint density at radius 3 is 2.42 bits per heavy atom. The molecular formula is C18H29N3O3. The number of ether oxygens (including phenoxy) is 1. The van der Waals surface area contributed by atoms with Crippen molar-refractivity contribution in [3.8, 4) is 0 Å². The van der Waals surface area contributed by atoms with Crippen LogP contribution < -0.4 is 0 Å². The van der Waals surface area contributed by atoms with Gasteiger partial charge in [0.2, 0.25) is 0 Å². The van der Waals surface area contributed by atoms with Gasteiger partial charge in [0.15, 0.2) is 0 Å². The minimum atomic E-state index is -0.304. The fraction of sp³-hybridized carbons (Fsp3) is 0.611. The van der Waals surface area contributed by atoms with Crippen molar-refractivity contribution in [1.29, 1.82) is 0 Å². The zero-order chi connectivity index (χ0) is 17.8. The highest BCUT2D eigenvalue weighted by Gasteiger charge is 2.17. The number of carbonyl (C=O) groups is 2. The number of hydrogen-bond acceptors (Lipinski definition) is 5. The molecule has 0 unspecified atom stereocenters. The van der Waals surface area contributed by atoms with Gasteiger partial charge in [0, 0.05) is 25.5 Å². The Morgan fingerprint density at radius 2 is 1.83 bits per heavy atom. The minimum Gasteiger partial charge on any atom is -0.469 e. The number of pyridine rings is 1. The topological polar surface area (TPSA) is 62.7 Å². The van der Waals surface area contributed by atoms with Crippen LogP contribution in [0.5, 0.6) is 0 Å². The summed E-state index contributed by atoms with van der Waals surface area (Å²) in [5, 5.41) is 0. The monoisotopic (exact) mass is 335 g/mol. The molecule has 24 heavy (non-hydrogen) atoms. The molecule has 134 valence electrons. The Morgan fingerprint density at radius 1 is 1.12 bits per heavy atom. The zero-order valence-electron chi connectivity index (χ0n) is 15.0. The Hall–Kier alpha value is -1.95. The molecule has 0 saturated heterocycles. The number of methoxy groups -OCH3 is 1. The van der Waals surface area contributed by atoms with Gasteiger partial charge in [0.25, 0.3) is 5.91 Å². The highest BCUT2D eigenvalue weighted by molar-refractivity contribution is 5.94. The van der Waals surface area contributed by atoms with Crippen LogP contribution in [0, 0.1) is 0 Å². The van der Waals surface area contributed by atoms with E-state index in [0.29, 0.717) is 18.7 Å². The van der Waals surface area contributed by atoms with Crippen LogP contribution >= 0.6 is 0 Å². The summed E-state index contributed by atoms with van der Waals surface area (Å²) in [5.74, 6) is -0.392. The van der Waals surface area contributed by atoms with Gasteiger partial charge in [0.1, 0.15) is 0 Å². The van der Waals surface area contributed by atoms with E-state index in [9.17, 15) is 9.59 Å². The lowest BCUT2D eigenvalue weighted by Gasteiger charge is -2.23. The number of unbranched alkanes of at least 4 members (excludes halogenated alkanes) is 1. The summed E-state index contributed by atoms with van der Waals surface area (Å²) >= 11 is 0. The first kappa shape index (κ1) is 20.1. The van der Waals surface area contributed by atoms with E-state index in [1.54, 1.807) is 29.4 Å². The van der Waals surface area contributed by atoms with Crippen LogP contribution in [0.2, 0.25) is 0 Å². The van der Waals surface area contributed by atoms with Gasteiger partial charge in [-0.1, -0.05) is 13.8 Å². The van der Waals surface area contributed by atoms with Crippen LogP contribution in [-0.4, -0.2) is 66.5 Å². The van der Waals surface area contributed by atoms with Crippen LogP contribution in [0.1, 0.15) is 43.5 Å². The Bertz CT molecular complexity index is 490. The molecule has 0 spiro atoms. The van der Waals surface area contributed by atoms with Crippen LogP contribution in [0.3, 0.4) is 0 Å². The first-order valence-electron chi connectivity index (χ1n) is 8.60. The molecule has 6 heteroatoms. The predicted octanol–water partition coefficient (Wildman–Crippen LogP) is 2.21. The maximum absolute atomic E-state index is 12.6. The summed E-state index contributed by atoms with van der Waals surface area (Å²) in [4.78, 5) is 32.1. The third-order valence-corrected chi connectivity index (χ3v) is 4.06. The quantitative estimate of drug-likeness (QED) is 0.458. The van der Waals surface area contributed by atoms with Crippen molar-refractivity contribution in [3.63, 3.8) is 0 Å². The largest absolute Gasteiger partial charge is 0.469 e. The van der Waals surface area contributed by atoms with Crippen molar-refractivity contribution in [2.75, 3.05) is 39.8 Å². The summed E-state index contributed by atoms with van der Waals surface area (Å²) in [6, 6.07) is 3.49. The molecule has 0 bridgehead atoms. The Balaban J connectivity index is 2.57. The van der Waals surface area contributed by atoms with Gasteiger partial charge < -0.3 is 14.5 Å². The normalized spacial score (nSPS) is 10.7. The van der Waals surface area contributed by atoms with E-state index in [0.717, 1.165) is 32.5 Å². The van der Waals surface area contributed by atoms with Gasteiger partial charge in [0.05, 0.1) is 19.1 Å². The smallest absolute Gasteiger partial charge is 0.307 e. The molecule has 0 aliphatic heterocycles. The second kappa shape index (κ2) is 11.6. The Labute approximate surface area is 144 Å². The molecule has 0 N–H and O–H groups in total. The van der Waals surface area contributed by atoms with E-state index in [2.05, 4.69) is 28.5 Å². The van der Waals surface area contributed by atoms with E-state index in [4.69, 9.17) is 0 Å². The number of rotatable bonds is 11. The van der Waals surface area contributed by atoms with Gasteiger partial charge in [-0.25, -0.2) is 0 Å². The molecule has 0 fully saturated rings. The second-order valence-corrected chi connectivity index (χ2v) is 5.59. The minimum absolute atomic E-state index is 0.0881. The van der Waals surface area contributed by atoms with Crippen molar-refractivity contribution in [2.24, 2.45) is 0 Å². The molecule has 0 radical (unpaired) electrons. The molecule has 1 aromatic rings. The molecule has 0 aliphatic rings. The van der Waals surface area contributed by atoms with Crippen LogP contribution in [-0.2, 0) is 9.53 Å². The first-order chi connectivity index (χ1) is 11.6. The van der Waals surface area contributed by atoms with Crippen LogP contribution in [0.15, 0.2) is 24.5 Å². The van der Waals surface area contributed by atoms with Gasteiger partial charge in [-0.05, 0) is 44.6 Å². The lowest BCUT2D eigenvalue weighted by atomic mass is 10.2. The zero-order valence-corrected chi connectivity index (χ0v) is 15.0. The molecule has 0 saturated carbocycles. The summed E-state index contributed by atoms with van der Waals surface area (Å²) in [6.07, 6.45) is 5.34. The number of amides is 1. The molecule has 1 rings (SSSR count). The average molecular weight is 335 g/mol. The van der Waals surface area contributed by atoms with Crippen molar-refractivity contribution in [1.82, 2.24) is 14.8 Å². The second-order valence-electron chi connectivity index (χ2n) is 5.59. The summed E-state index contributed by atoms with van der Waals surface area (Å²) < 4.78 is 4.68. The molecule has 1 aromatic heterocycles. The van der Waals surface area contributed by atoms with E-state index in [-0.39, 0.29) is 18.3 Å². The lowest BCUT2D eigenvalue weighted by Crippen LogP contribution is -2.34. The number of esters is 1. The van der Waals surface area contributed by atoms with E-state index in [1.807, 2.05) is 0 Å². The molecular weight excluding hydrogens is 306 g/mol. The third-order valence-electron chi connectivity index (χ3n) is 4.06. The van der Waals surface area contributed by atoms with Gasteiger partial charge in [-0.15, -0.1) is 0 Å². The van der Waals surface area contributed by atoms with E-state index >= 15 is 0 Å². The molecule has 0 atom stereocenters. The number of aromatic nitrogens is 1. The molecule has 0 aliphatic carbocycles. The van der Waals surface area contributed by atoms with Crippen molar-refractivity contribution in [2.45, 2.75) is 33.1 Å². The fourth-order valence-electron chi connectivity index (χ4n) is 2.49. The summed E-state index contributed by atoms with van der Waals surface area (Å²) in [7, 11) is 1.36. The SMILES string of the molecule is CCN(CC)CCCCN(CCC(=O)OC)C(=O)c1cccnc1. The fourth-order valence-corrected chi connectivity index (χ4v) is 2.49. The van der Waals surface area contributed by atoms with Crippen LogP contribution in [0.25, 0.3) is 0 Å². The van der Waals surface area contributed by atoms with E-state index in [1.165, 1.54) is 7.11 Å². The maximum Gasteiger partial charge on any atom is 0.307 e. The molecule has 1 heterocycles. The van der Waals surface area contributed by atoms with Gasteiger partial charge in [-0.3, -0.25) is 14.6 Å². The maximum atomic E-state index is 12.6. The van der Waals surface area contributed by atoms with Gasteiger partial charge >= 0.3 is 5.97 Å². The number of nitrogens with zero attached hydrogens (tertiary/aromatic N) is 3. The predicted molar refractivity (Wildman–Crippen MR) is 93.8 cm³/mol. The number of carbonyl (C=O) groups excluding carboxylic acids is 2. The highest BCUT2D eigenvalue weighted by atomic mass is 16.5. The van der Waals surface area contributed by atoms with E-state index < -0.39 is 0 Å². The Kier molecular flexibility index (Phi) is 9.68.